The molecule has 178 valence electrons. The number of aromatic nitrogens is 1. The number of nitrogens with one attached hydrogen (secondary N) is 2. The number of piperazine rings is 1. The highest BCUT2D eigenvalue weighted by Gasteiger charge is 2.38. The van der Waals surface area contributed by atoms with E-state index in [0.29, 0.717) is 60.4 Å². The zero-order valence-electron chi connectivity index (χ0n) is 18.3. The fourth-order valence-corrected chi connectivity index (χ4v) is 5.36. The molecular formula is C22H22ClFN6O3S. The van der Waals surface area contributed by atoms with Crippen LogP contribution in [0.3, 0.4) is 0 Å². The van der Waals surface area contributed by atoms with Gasteiger partial charge in [0.05, 0.1) is 18.7 Å². The zero-order chi connectivity index (χ0) is 23.8. The van der Waals surface area contributed by atoms with Crippen molar-refractivity contribution in [2.45, 2.75) is 12.1 Å². The Hall–Kier alpha value is -3.02. The zero-order valence-corrected chi connectivity index (χ0v) is 19.8. The average molecular weight is 505 g/mol. The van der Waals surface area contributed by atoms with Crippen molar-refractivity contribution in [3.8, 4) is 0 Å². The number of halogens is 2. The van der Waals surface area contributed by atoms with E-state index in [1.807, 2.05) is 10.3 Å². The summed E-state index contributed by atoms with van der Waals surface area (Å²) in [5.41, 5.74) is 1.41. The van der Waals surface area contributed by atoms with Crippen LogP contribution in [0.4, 0.5) is 9.18 Å². The summed E-state index contributed by atoms with van der Waals surface area (Å²) in [4.78, 5) is 38.1. The molecule has 3 aliphatic rings. The first-order valence-corrected chi connectivity index (χ1v) is 12.0. The molecule has 1 aromatic heterocycles. The van der Waals surface area contributed by atoms with E-state index in [-0.39, 0.29) is 17.1 Å². The van der Waals surface area contributed by atoms with E-state index in [1.165, 1.54) is 36.6 Å². The minimum Gasteiger partial charge on any atom is -0.466 e. The number of methoxy groups -OCH3 is 1. The quantitative estimate of drug-likeness (QED) is 0.605. The first kappa shape index (κ1) is 22.8. The molecule has 1 aromatic carbocycles. The fourth-order valence-electron chi connectivity index (χ4n) is 4.50. The average Bonchev–Trinajstić information content (AvgIpc) is 3.49. The van der Waals surface area contributed by atoms with Crippen LogP contribution in [-0.4, -0.2) is 78.5 Å². The second-order valence-electron chi connectivity index (χ2n) is 8.16. The van der Waals surface area contributed by atoms with E-state index in [1.54, 1.807) is 6.20 Å². The molecule has 1 unspecified atom stereocenters. The van der Waals surface area contributed by atoms with Gasteiger partial charge in [-0.1, -0.05) is 17.7 Å². The standard InChI is InChI=1S/C22H22ClFN6O3S/c1-33-21(31)17-16(11-29-5-6-30-13(10-29)9-26-22(30)32)27-19(20-25-4-7-34-20)28-18(17)14-3-2-12(24)8-15(14)23/h2-4,7-8,13,18H,5-6,9-11H2,1H3,(H,26,32)(H,27,28)/t13-,18?/m1/s1. The van der Waals surface area contributed by atoms with Crippen LogP contribution in [0.1, 0.15) is 16.6 Å². The highest BCUT2D eigenvalue weighted by Crippen LogP contribution is 2.37. The molecule has 2 amide bonds. The van der Waals surface area contributed by atoms with Crippen molar-refractivity contribution < 1.29 is 18.7 Å². The number of esters is 1. The minimum atomic E-state index is -0.799. The Bertz CT molecular complexity index is 1190. The molecule has 2 atom stereocenters. The predicted octanol–water partition coefficient (Wildman–Crippen LogP) is 2.16. The first-order valence-electron chi connectivity index (χ1n) is 10.7. The van der Waals surface area contributed by atoms with Crippen LogP contribution < -0.4 is 10.6 Å². The number of fused-ring (bicyclic) bond motifs is 1. The molecule has 2 saturated heterocycles. The molecule has 2 fully saturated rings. The molecule has 0 aliphatic carbocycles. The molecule has 34 heavy (non-hydrogen) atoms. The smallest absolute Gasteiger partial charge is 0.338 e. The van der Waals surface area contributed by atoms with Crippen molar-refractivity contribution >= 4 is 40.8 Å². The fraction of sp³-hybridized carbons (Fsp3) is 0.364. The molecule has 2 N–H and O–H groups in total. The number of amidine groups is 1. The molecule has 12 heteroatoms. The highest BCUT2D eigenvalue weighted by atomic mass is 35.5. The number of carbonyl (C=O) groups is 2. The predicted molar refractivity (Wildman–Crippen MR) is 125 cm³/mol. The molecule has 3 aliphatic heterocycles. The topological polar surface area (TPSA) is 99.2 Å². The lowest BCUT2D eigenvalue weighted by Gasteiger charge is -2.38. The number of hydrogen-bond acceptors (Lipinski definition) is 8. The van der Waals surface area contributed by atoms with Crippen LogP contribution in [0.25, 0.3) is 0 Å². The van der Waals surface area contributed by atoms with Crippen LogP contribution in [0.15, 0.2) is 46.0 Å². The van der Waals surface area contributed by atoms with Gasteiger partial charge in [-0.3, -0.25) is 9.89 Å². The SMILES string of the molecule is COC(=O)C1=C(CN2CCN3C(=O)NC[C@@H]3C2)NC(c2nccs2)=NC1c1ccc(F)cc1Cl. The van der Waals surface area contributed by atoms with Crippen LogP contribution >= 0.6 is 22.9 Å². The molecule has 4 heterocycles. The highest BCUT2D eigenvalue weighted by molar-refractivity contribution is 7.11. The van der Waals surface area contributed by atoms with Gasteiger partial charge in [0.1, 0.15) is 11.9 Å². The maximum absolute atomic E-state index is 13.8. The number of urea groups is 1. The van der Waals surface area contributed by atoms with Gasteiger partial charge in [-0.15, -0.1) is 11.3 Å². The van der Waals surface area contributed by atoms with Gasteiger partial charge in [-0.25, -0.2) is 19.0 Å². The van der Waals surface area contributed by atoms with Crippen LogP contribution in [-0.2, 0) is 9.53 Å². The molecule has 0 spiro atoms. The number of aliphatic imine (C=N–C) groups is 1. The Kier molecular flexibility index (Phi) is 6.24. The minimum absolute atomic E-state index is 0.0425. The summed E-state index contributed by atoms with van der Waals surface area (Å²) in [6, 6.07) is 3.26. The van der Waals surface area contributed by atoms with Gasteiger partial charge in [0.2, 0.25) is 0 Å². The number of benzene rings is 1. The molecular weight excluding hydrogens is 483 g/mol. The van der Waals surface area contributed by atoms with Gasteiger partial charge < -0.3 is 20.3 Å². The van der Waals surface area contributed by atoms with E-state index >= 15 is 0 Å². The van der Waals surface area contributed by atoms with Crippen molar-refractivity contribution in [1.82, 2.24) is 25.4 Å². The third-order valence-corrected chi connectivity index (χ3v) is 7.23. The van der Waals surface area contributed by atoms with E-state index in [2.05, 4.69) is 20.5 Å². The van der Waals surface area contributed by atoms with Crippen molar-refractivity contribution in [1.29, 1.82) is 0 Å². The maximum Gasteiger partial charge on any atom is 0.338 e. The number of hydrogen-bond donors (Lipinski definition) is 2. The van der Waals surface area contributed by atoms with Crippen LogP contribution in [0.2, 0.25) is 5.02 Å². The lowest BCUT2D eigenvalue weighted by molar-refractivity contribution is -0.136. The summed E-state index contributed by atoms with van der Waals surface area (Å²) in [6.45, 7) is 2.89. The molecule has 5 rings (SSSR count). The molecule has 0 saturated carbocycles. The van der Waals surface area contributed by atoms with Crippen LogP contribution in [0.5, 0.6) is 0 Å². The number of carbonyl (C=O) groups excluding carboxylic acids is 2. The molecule has 2 aromatic rings. The van der Waals surface area contributed by atoms with E-state index in [4.69, 9.17) is 21.3 Å². The normalized spacial score (nSPS) is 22.7. The van der Waals surface area contributed by atoms with Crippen LogP contribution in [0, 0.1) is 5.82 Å². The van der Waals surface area contributed by atoms with Crippen molar-refractivity contribution in [2.24, 2.45) is 4.99 Å². The Morgan fingerprint density at radius 3 is 2.97 bits per heavy atom. The Balaban J connectivity index is 1.54. The summed E-state index contributed by atoms with van der Waals surface area (Å²) in [5.74, 6) is -0.529. The molecule has 9 nitrogen and oxygen atoms in total. The lowest BCUT2D eigenvalue weighted by atomic mass is 9.95. The second kappa shape index (κ2) is 9.32. The molecule has 0 radical (unpaired) electrons. The van der Waals surface area contributed by atoms with E-state index in [9.17, 15) is 14.0 Å². The lowest BCUT2D eigenvalue weighted by Crippen LogP contribution is -2.53. The summed E-state index contributed by atoms with van der Waals surface area (Å²) in [7, 11) is 1.31. The van der Waals surface area contributed by atoms with Gasteiger partial charge in [-0.2, -0.15) is 0 Å². The number of nitrogens with zero attached hydrogens (tertiary/aromatic N) is 4. The van der Waals surface area contributed by atoms with E-state index in [0.717, 1.165) is 0 Å². The van der Waals surface area contributed by atoms with Gasteiger partial charge in [0.25, 0.3) is 0 Å². The Morgan fingerprint density at radius 2 is 2.24 bits per heavy atom. The summed E-state index contributed by atoms with van der Waals surface area (Å²) in [5, 5.41) is 8.82. The molecule has 0 bridgehead atoms. The third-order valence-electron chi connectivity index (χ3n) is 6.12. The maximum atomic E-state index is 13.8. The largest absolute Gasteiger partial charge is 0.466 e. The van der Waals surface area contributed by atoms with Crippen molar-refractivity contribution in [2.75, 3.05) is 39.8 Å². The first-order chi connectivity index (χ1) is 16.4. The second-order valence-corrected chi connectivity index (χ2v) is 9.46. The summed E-state index contributed by atoms with van der Waals surface area (Å²) >= 11 is 7.80. The van der Waals surface area contributed by atoms with Crippen molar-refractivity contribution in [3.63, 3.8) is 0 Å². The number of amides is 2. The summed E-state index contributed by atoms with van der Waals surface area (Å²) in [6.07, 6.45) is 1.67. The van der Waals surface area contributed by atoms with Crippen molar-refractivity contribution in [3.05, 3.63) is 62.5 Å². The monoisotopic (exact) mass is 504 g/mol. The number of thiazole rings is 1. The van der Waals surface area contributed by atoms with Gasteiger partial charge in [0.15, 0.2) is 10.8 Å². The third kappa shape index (κ3) is 4.26. The van der Waals surface area contributed by atoms with Gasteiger partial charge >= 0.3 is 12.0 Å². The number of ether oxygens (including phenoxy) is 1. The van der Waals surface area contributed by atoms with E-state index < -0.39 is 17.8 Å². The number of rotatable bonds is 5. The summed E-state index contributed by atoms with van der Waals surface area (Å²) < 4.78 is 18.9. The Labute approximate surface area is 204 Å². The Morgan fingerprint density at radius 1 is 1.38 bits per heavy atom. The van der Waals surface area contributed by atoms with Gasteiger partial charge in [0, 0.05) is 60.6 Å². The van der Waals surface area contributed by atoms with Gasteiger partial charge in [-0.05, 0) is 12.1 Å².